The van der Waals surface area contributed by atoms with E-state index >= 15 is 0 Å². The highest BCUT2D eigenvalue weighted by atomic mass is 32.1. The normalized spacial score (nSPS) is 10.8. The van der Waals surface area contributed by atoms with Crippen LogP contribution in [0.3, 0.4) is 0 Å². The Bertz CT molecular complexity index is 895. The summed E-state index contributed by atoms with van der Waals surface area (Å²) in [7, 11) is 0. The zero-order valence-corrected chi connectivity index (χ0v) is 12.4. The Morgan fingerprint density at radius 3 is 2.95 bits per heavy atom. The van der Waals surface area contributed by atoms with Crippen molar-refractivity contribution in [1.29, 1.82) is 0 Å². The van der Waals surface area contributed by atoms with Crippen LogP contribution in [-0.4, -0.2) is 15.3 Å². The van der Waals surface area contributed by atoms with E-state index in [0.717, 1.165) is 11.1 Å². The topological polar surface area (TPSA) is 63.5 Å². The van der Waals surface area contributed by atoms with Crippen LogP contribution in [0.15, 0.2) is 40.8 Å². The van der Waals surface area contributed by atoms with E-state index in [1.54, 1.807) is 11.6 Å². The van der Waals surface area contributed by atoms with Gasteiger partial charge in [0.15, 0.2) is 4.96 Å². The van der Waals surface area contributed by atoms with Crippen molar-refractivity contribution >= 4 is 27.9 Å². The second kappa shape index (κ2) is 5.14. The van der Waals surface area contributed by atoms with Gasteiger partial charge in [0, 0.05) is 23.5 Å². The van der Waals surface area contributed by atoms with Crippen LogP contribution in [0.2, 0.25) is 0 Å². The molecule has 1 aromatic carbocycles. The van der Waals surface area contributed by atoms with E-state index in [1.165, 1.54) is 21.9 Å². The van der Waals surface area contributed by atoms with E-state index in [2.05, 4.69) is 10.3 Å². The van der Waals surface area contributed by atoms with Crippen molar-refractivity contribution in [2.24, 2.45) is 0 Å². The first-order chi connectivity index (χ1) is 10.1. The number of carbonyl (C=O) groups excluding carboxylic acids is 1. The van der Waals surface area contributed by atoms with Crippen LogP contribution in [0.1, 0.15) is 21.5 Å². The molecule has 0 aliphatic carbocycles. The first-order valence-corrected chi connectivity index (χ1v) is 7.27. The Balaban J connectivity index is 1.99. The first-order valence-electron chi connectivity index (χ1n) is 6.40. The van der Waals surface area contributed by atoms with Crippen LogP contribution in [0.5, 0.6) is 0 Å². The number of anilines is 1. The van der Waals surface area contributed by atoms with Gasteiger partial charge in [0.1, 0.15) is 5.56 Å². The summed E-state index contributed by atoms with van der Waals surface area (Å²) >= 11 is 1.35. The average Bonchev–Trinajstić information content (AvgIpc) is 2.92. The molecule has 1 N–H and O–H groups in total. The number of hydrogen-bond donors (Lipinski definition) is 1. The molecule has 0 saturated heterocycles. The van der Waals surface area contributed by atoms with Gasteiger partial charge in [0.2, 0.25) is 0 Å². The number of fused-ring (bicyclic) bond motifs is 1. The Kier molecular flexibility index (Phi) is 3.31. The summed E-state index contributed by atoms with van der Waals surface area (Å²) in [6.45, 7) is 3.85. The Morgan fingerprint density at radius 1 is 1.33 bits per heavy atom. The summed E-state index contributed by atoms with van der Waals surface area (Å²) in [6, 6.07) is 5.78. The lowest BCUT2D eigenvalue weighted by molar-refractivity contribution is 0.102. The third-order valence-electron chi connectivity index (χ3n) is 3.23. The Morgan fingerprint density at radius 2 is 2.14 bits per heavy atom. The smallest absolute Gasteiger partial charge is 0.271 e. The molecule has 3 aromatic rings. The maximum Gasteiger partial charge on any atom is 0.271 e. The highest BCUT2D eigenvalue weighted by Gasteiger charge is 2.14. The second-order valence-corrected chi connectivity index (χ2v) is 5.68. The SMILES string of the molecule is Cc1ccc(C)c(NC(=O)c2cnc3sccn3c2=O)c1. The number of aryl methyl sites for hydroxylation is 2. The fourth-order valence-electron chi connectivity index (χ4n) is 2.04. The fourth-order valence-corrected chi connectivity index (χ4v) is 2.72. The summed E-state index contributed by atoms with van der Waals surface area (Å²) in [5, 5.41) is 4.54. The molecule has 1 amide bonds. The number of carbonyl (C=O) groups is 1. The summed E-state index contributed by atoms with van der Waals surface area (Å²) in [5.74, 6) is -0.443. The maximum absolute atomic E-state index is 12.3. The second-order valence-electron chi connectivity index (χ2n) is 4.81. The molecule has 3 rings (SSSR count). The third-order valence-corrected chi connectivity index (χ3v) is 4.00. The van der Waals surface area contributed by atoms with Crippen molar-refractivity contribution in [2.45, 2.75) is 13.8 Å². The van der Waals surface area contributed by atoms with E-state index in [9.17, 15) is 9.59 Å². The zero-order valence-electron chi connectivity index (χ0n) is 11.6. The van der Waals surface area contributed by atoms with Gasteiger partial charge >= 0.3 is 0 Å². The van der Waals surface area contributed by atoms with Gasteiger partial charge in [-0.3, -0.25) is 14.0 Å². The predicted octanol–water partition coefficient (Wildman–Crippen LogP) is 2.63. The molecule has 2 aromatic heterocycles. The molecule has 5 nitrogen and oxygen atoms in total. The molecule has 0 atom stereocenters. The number of hydrogen-bond acceptors (Lipinski definition) is 4. The molecule has 0 aliphatic heterocycles. The van der Waals surface area contributed by atoms with Gasteiger partial charge in [0.05, 0.1) is 0 Å². The lowest BCUT2D eigenvalue weighted by atomic mass is 10.1. The molecule has 0 radical (unpaired) electrons. The Hall–Kier alpha value is -2.47. The lowest BCUT2D eigenvalue weighted by Gasteiger charge is -2.09. The first kappa shape index (κ1) is 13.5. The van der Waals surface area contributed by atoms with Crippen LogP contribution in [0, 0.1) is 13.8 Å². The van der Waals surface area contributed by atoms with Gasteiger partial charge in [-0.25, -0.2) is 4.98 Å². The van der Waals surface area contributed by atoms with Crippen LogP contribution in [0.4, 0.5) is 5.69 Å². The monoisotopic (exact) mass is 299 g/mol. The van der Waals surface area contributed by atoms with Gasteiger partial charge in [0.25, 0.3) is 11.5 Å². The summed E-state index contributed by atoms with van der Waals surface area (Å²) in [5.41, 5.74) is 2.36. The van der Waals surface area contributed by atoms with Gasteiger partial charge < -0.3 is 5.32 Å². The molecule has 0 saturated carbocycles. The molecule has 0 aliphatic rings. The van der Waals surface area contributed by atoms with E-state index < -0.39 is 5.91 Å². The number of nitrogens with zero attached hydrogens (tertiary/aromatic N) is 2. The standard InChI is InChI=1S/C15H13N3O2S/c1-9-3-4-10(2)12(7-9)17-13(19)11-8-16-15-18(14(11)20)5-6-21-15/h3-8H,1-2H3,(H,17,19). The van der Waals surface area contributed by atoms with Crippen molar-refractivity contribution < 1.29 is 4.79 Å². The van der Waals surface area contributed by atoms with Crippen molar-refractivity contribution in [3.05, 3.63) is 63.0 Å². The molecule has 6 heteroatoms. The van der Waals surface area contributed by atoms with E-state index in [1.807, 2.05) is 32.0 Å². The summed E-state index contributed by atoms with van der Waals surface area (Å²) in [4.78, 5) is 29.2. The summed E-state index contributed by atoms with van der Waals surface area (Å²) < 4.78 is 1.38. The molecule has 0 bridgehead atoms. The quantitative estimate of drug-likeness (QED) is 0.791. The van der Waals surface area contributed by atoms with E-state index in [4.69, 9.17) is 0 Å². The minimum Gasteiger partial charge on any atom is -0.322 e. The number of amides is 1. The van der Waals surface area contributed by atoms with E-state index in [-0.39, 0.29) is 11.1 Å². The van der Waals surface area contributed by atoms with E-state index in [0.29, 0.717) is 10.6 Å². The molecule has 2 heterocycles. The highest BCUT2D eigenvalue weighted by molar-refractivity contribution is 7.15. The molecule has 0 fully saturated rings. The molecule has 0 spiro atoms. The van der Waals surface area contributed by atoms with Gasteiger partial charge in [-0.05, 0) is 31.0 Å². The van der Waals surface area contributed by atoms with Gasteiger partial charge in [-0.1, -0.05) is 12.1 Å². The number of rotatable bonds is 2. The molecule has 21 heavy (non-hydrogen) atoms. The molecular weight excluding hydrogens is 286 g/mol. The van der Waals surface area contributed by atoms with Crippen LogP contribution >= 0.6 is 11.3 Å². The predicted molar refractivity (Wildman–Crippen MR) is 83.2 cm³/mol. The number of nitrogens with one attached hydrogen (secondary N) is 1. The van der Waals surface area contributed by atoms with Crippen molar-refractivity contribution in [2.75, 3.05) is 5.32 Å². The number of benzene rings is 1. The summed E-state index contributed by atoms with van der Waals surface area (Å²) in [6.07, 6.45) is 2.94. The van der Waals surface area contributed by atoms with Crippen LogP contribution in [-0.2, 0) is 0 Å². The Labute approximate surface area is 124 Å². The maximum atomic E-state index is 12.3. The highest BCUT2D eigenvalue weighted by Crippen LogP contribution is 2.17. The lowest BCUT2D eigenvalue weighted by Crippen LogP contribution is -2.26. The van der Waals surface area contributed by atoms with Gasteiger partial charge in [-0.15, -0.1) is 11.3 Å². The zero-order chi connectivity index (χ0) is 15.0. The molecule has 106 valence electrons. The third kappa shape index (κ3) is 2.45. The number of thiazole rings is 1. The van der Waals surface area contributed by atoms with Crippen molar-refractivity contribution in [3.8, 4) is 0 Å². The van der Waals surface area contributed by atoms with Crippen LogP contribution < -0.4 is 10.9 Å². The average molecular weight is 299 g/mol. The molecular formula is C15H13N3O2S. The van der Waals surface area contributed by atoms with Crippen LogP contribution in [0.25, 0.3) is 4.96 Å². The minimum absolute atomic E-state index is 0.0341. The largest absolute Gasteiger partial charge is 0.322 e. The fraction of sp³-hybridized carbons (Fsp3) is 0.133. The van der Waals surface area contributed by atoms with Crippen molar-refractivity contribution in [3.63, 3.8) is 0 Å². The van der Waals surface area contributed by atoms with Gasteiger partial charge in [-0.2, -0.15) is 0 Å². The molecule has 0 unspecified atom stereocenters. The van der Waals surface area contributed by atoms with Crippen molar-refractivity contribution in [1.82, 2.24) is 9.38 Å². The minimum atomic E-state index is -0.443. The number of aromatic nitrogens is 2.